The number of hydrogen-bond acceptors (Lipinski definition) is 7. The van der Waals surface area contributed by atoms with Gasteiger partial charge < -0.3 is 19.7 Å². The standard InChI is InChI=1S/C22H28N2O4S2/c1-27-22(28-2)16-11-30-12-24(16)21(26)19-18(17(29)10-23-19)20(25)15-8-7-13-5-3-4-6-14(13)9-15/h3-6,15-16,18-19,22-23H,7-12H2,1-2H3/t15-,16+,18?,19+/m1/s1. The molecule has 1 aromatic rings. The Balaban J connectivity index is 1.51. The van der Waals surface area contributed by atoms with Gasteiger partial charge in [-0.25, -0.2) is 0 Å². The zero-order valence-corrected chi connectivity index (χ0v) is 19.0. The zero-order chi connectivity index (χ0) is 21.3. The van der Waals surface area contributed by atoms with E-state index in [1.807, 2.05) is 12.1 Å². The molecule has 0 radical (unpaired) electrons. The molecule has 1 aromatic carbocycles. The minimum Gasteiger partial charge on any atom is -0.354 e. The van der Waals surface area contributed by atoms with Gasteiger partial charge in [-0.15, -0.1) is 11.8 Å². The minimum absolute atomic E-state index is 0.0847. The molecule has 1 amide bonds. The number of nitrogens with zero attached hydrogens (tertiary/aromatic N) is 1. The van der Waals surface area contributed by atoms with Crippen molar-refractivity contribution in [3.8, 4) is 0 Å². The van der Waals surface area contributed by atoms with Crippen molar-refractivity contribution in [2.24, 2.45) is 11.8 Å². The van der Waals surface area contributed by atoms with Crippen molar-refractivity contribution < 1.29 is 19.1 Å². The fourth-order valence-electron chi connectivity index (χ4n) is 4.87. The molecule has 1 aliphatic carbocycles. The lowest BCUT2D eigenvalue weighted by Gasteiger charge is -2.33. The predicted octanol–water partition coefficient (Wildman–Crippen LogP) is 1.84. The number of thiocarbonyl (C=S) groups is 1. The molecule has 2 aliphatic heterocycles. The number of thioether (sulfide) groups is 1. The first-order valence-corrected chi connectivity index (χ1v) is 11.9. The van der Waals surface area contributed by atoms with Crippen LogP contribution in [0.15, 0.2) is 24.3 Å². The number of carbonyl (C=O) groups is 2. The molecular formula is C22H28N2O4S2. The molecule has 30 heavy (non-hydrogen) atoms. The molecule has 3 aliphatic rings. The molecule has 6 nitrogen and oxygen atoms in total. The Labute approximate surface area is 187 Å². The number of ketones is 1. The van der Waals surface area contributed by atoms with Crippen molar-refractivity contribution in [1.29, 1.82) is 0 Å². The molecule has 4 atom stereocenters. The maximum atomic E-state index is 13.5. The van der Waals surface area contributed by atoms with Crippen LogP contribution in [-0.2, 0) is 31.9 Å². The van der Waals surface area contributed by atoms with Crippen LogP contribution < -0.4 is 5.32 Å². The van der Waals surface area contributed by atoms with E-state index in [0.717, 1.165) is 25.0 Å². The number of aryl methyl sites for hydroxylation is 1. The molecule has 2 saturated heterocycles. The first kappa shape index (κ1) is 21.9. The van der Waals surface area contributed by atoms with Crippen molar-refractivity contribution in [3.05, 3.63) is 35.4 Å². The second-order valence-electron chi connectivity index (χ2n) is 8.13. The number of rotatable bonds is 6. The van der Waals surface area contributed by atoms with Crippen molar-refractivity contribution in [1.82, 2.24) is 10.2 Å². The van der Waals surface area contributed by atoms with E-state index in [1.54, 1.807) is 30.9 Å². The molecule has 0 bridgehead atoms. The summed E-state index contributed by atoms with van der Waals surface area (Å²) in [5.41, 5.74) is 2.56. The summed E-state index contributed by atoms with van der Waals surface area (Å²) in [5, 5.41) is 3.22. The number of fused-ring (bicyclic) bond motifs is 1. The van der Waals surface area contributed by atoms with Gasteiger partial charge in [-0.1, -0.05) is 36.5 Å². The van der Waals surface area contributed by atoms with Crippen LogP contribution in [0.1, 0.15) is 17.5 Å². The Morgan fingerprint density at radius 3 is 2.70 bits per heavy atom. The molecule has 1 unspecified atom stereocenters. The van der Waals surface area contributed by atoms with Crippen LogP contribution in [0.3, 0.4) is 0 Å². The number of carbonyl (C=O) groups excluding carboxylic acids is 2. The quantitative estimate of drug-likeness (QED) is 0.526. The summed E-state index contributed by atoms with van der Waals surface area (Å²) in [4.78, 5) is 29.4. The second kappa shape index (κ2) is 9.44. The Morgan fingerprint density at radius 2 is 1.97 bits per heavy atom. The van der Waals surface area contributed by atoms with Gasteiger partial charge in [0.15, 0.2) is 6.29 Å². The topological polar surface area (TPSA) is 67.9 Å². The van der Waals surface area contributed by atoms with Crippen LogP contribution >= 0.6 is 24.0 Å². The summed E-state index contributed by atoms with van der Waals surface area (Å²) >= 11 is 7.22. The van der Waals surface area contributed by atoms with Crippen LogP contribution in [0, 0.1) is 11.8 Å². The molecule has 2 heterocycles. The smallest absolute Gasteiger partial charge is 0.241 e. The molecule has 8 heteroatoms. The van der Waals surface area contributed by atoms with Crippen LogP contribution in [-0.4, -0.2) is 72.2 Å². The summed E-state index contributed by atoms with van der Waals surface area (Å²) in [6.45, 7) is 0.426. The van der Waals surface area contributed by atoms with Gasteiger partial charge in [-0.3, -0.25) is 9.59 Å². The molecule has 162 valence electrons. The van der Waals surface area contributed by atoms with Gasteiger partial charge in [-0.2, -0.15) is 0 Å². The monoisotopic (exact) mass is 448 g/mol. The third kappa shape index (κ3) is 4.08. The largest absolute Gasteiger partial charge is 0.354 e. The van der Waals surface area contributed by atoms with Gasteiger partial charge in [0.25, 0.3) is 0 Å². The van der Waals surface area contributed by atoms with Crippen LogP contribution in [0.25, 0.3) is 0 Å². The van der Waals surface area contributed by atoms with Gasteiger partial charge in [0.1, 0.15) is 11.8 Å². The van der Waals surface area contributed by atoms with Gasteiger partial charge >= 0.3 is 0 Å². The van der Waals surface area contributed by atoms with E-state index in [0.29, 0.717) is 17.3 Å². The Bertz CT molecular complexity index is 829. The van der Waals surface area contributed by atoms with E-state index < -0.39 is 18.2 Å². The lowest BCUT2D eigenvalue weighted by Crippen LogP contribution is -2.54. The van der Waals surface area contributed by atoms with E-state index in [1.165, 1.54) is 11.1 Å². The highest BCUT2D eigenvalue weighted by Gasteiger charge is 2.47. The number of nitrogens with one attached hydrogen (secondary N) is 1. The summed E-state index contributed by atoms with van der Waals surface area (Å²) in [6, 6.07) is 7.53. The van der Waals surface area contributed by atoms with E-state index >= 15 is 0 Å². The predicted molar refractivity (Wildman–Crippen MR) is 121 cm³/mol. The van der Waals surface area contributed by atoms with E-state index in [-0.39, 0.29) is 23.7 Å². The lowest BCUT2D eigenvalue weighted by molar-refractivity contribution is -0.157. The Kier molecular flexibility index (Phi) is 6.89. The highest BCUT2D eigenvalue weighted by molar-refractivity contribution is 7.99. The Hall–Kier alpha value is -1.32. The molecular weight excluding hydrogens is 420 g/mol. The van der Waals surface area contributed by atoms with Crippen LogP contribution in [0.4, 0.5) is 0 Å². The third-order valence-electron chi connectivity index (χ3n) is 6.48. The molecule has 4 rings (SSSR count). The lowest BCUT2D eigenvalue weighted by atomic mass is 9.76. The normalized spacial score (nSPS) is 28.8. The SMILES string of the molecule is COC(OC)[C@@H]1CSCN1C(=O)[C@H]1NCC(=S)C1C(=O)[C@@H]1CCc2ccccc2C1. The van der Waals surface area contributed by atoms with Crippen molar-refractivity contribution in [2.75, 3.05) is 32.4 Å². The third-order valence-corrected chi connectivity index (χ3v) is 7.92. The summed E-state index contributed by atoms with van der Waals surface area (Å²) in [6.07, 6.45) is 1.95. The van der Waals surface area contributed by atoms with Crippen molar-refractivity contribution >= 4 is 40.5 Å². The first-order chi connectivity index (χ1) is 14.5. The minimum atomic E-state index is -0.599. The highest BCUT2D eigenvalue weighted by atomic mass is 32.2. The number of hydrogen-bond donors (Lipinski definition) is 1. The van der Waals surface area contributed by atoms with Crippen molar-refractivity contribution in [2.45, 2.75) is 37.6 Å². The van der Waals surface area contributed by atoms with Crippen LogP contribution in [0.2, 0.25) is 0 Å². The molecule has 0 aromatic heterocycles. The number of ether oxygens (including phenoxy) is 2. The Morgan fingerprint density at radius 1 is 1.23 bits per heavy atom. The number of Topliss-reactive ketones (excluding diaryl/α,β-unsaturated/α-hetero) is 1. The van der Waals surface area contributed by atoms with Gasteiger partial charge in [0, 0.05) is 37.3 Å². The summed E-state index contributed by atoms with van der Waals surface area (Å²) < 4.78 is 10.8. The second-order valence-corrected chi connectivity index (χ2v) is 9.65. The maximum Gasteiger partial charge on any atom is 0.241 e. The van der Waals surface area contributed by atoms with Gasteiger partial charge in [0.05, 0.1) is 17.8 Å². The molecule has 0 spiro atoms. The first-order valence-electron chi connectivity index (χ1n) is 10.4. The molecule has 1 N–H and O–H groups in total. The average Bonchev–Trinajstić information content (AvgIpc) is 3.40. The highest BCUT2D eigenvalue weighted by Crippen LogP contribution is 2.32. The number of benzene rings is 1. The van der Waals surface area contributed by atoms with E-state index in [4.69, 9.17) is 21.7 Å². The maximum absolute atomic E-state index is 13.5. The van der Waals surface area contributed by atoms with Crippen molar-refractivity contribution in [3.63, 3.8) is 0 Å². The van der Waals surface area contributed by atoms with Gasteiger partial charge in [0.2, 0.25) is 5.91 Å². The molecule has 2 fully saturated rings. The fraction of sp³-hybridized carbons (Fsp3) is 0.591. The fourth-order valence-corrected chi connectivity index (χ4v) is 6.41. The average molecular weight is 449 g/mol. The summed E-state index contributed by atoms with van der Waals surface area (Å²) in [5.74, 6) is 0.697. The van der Waals surface area contributed by atoms with Gasteiger partial charge in [-0.05, 0) is 30.4 Å². The number of amides is 1. The van der Waals surface area contributed by atoms with E-state index in [2.05, 4.69) is 17.4 Å². The summed E-state index contributed by atoms with van der Waals surface area (Å²) in [7, 11) is 3.16. The molecule has 0 saturated carbocycles. The zero-order valence-electron chi connectivity index (χ0n) is 17.3. The van der Waals surface area contributed by atoms with Crippen LogP contribution in [0.5, 0.6) is 0 Å². The number of methoxy groups -OCH3 is 2. The van der Waals surface area contributed by atoms with E-state index in [9.17, 15) is 9.59 Å².